The van der Waals surface area contributed by atoms with Gasteiger partial charge in [-0.2, -0.15) is 31.6 Å². The highest BCUT2D eigenvalue weighted by molar-refractivity contribution is 5.57. The lowest BCUT2D eigenvalue weighted by molar-refractivity contribution is -0.116. The average Bonchev–Trinajstić information content (AvgIpc) is 2.60. The SMILES string of the molecule is Cc1ccc(C)c(NCC(F)(F)F)c1.N#Cc1ccccc1NCC(F)(F)F. The van der Waals surface area contributed by atoms with Crippen LogP contribution in [-0.2, 0) is 0 Å². The standard InChI is InChI=1S/C10H12F3N.C9H7F3N2/c1-7-3-4-8(2)9(5-7)14-6-10(11,12)13;10-9(11,12)6-14-8-4-2-1-3-7(8)5-13/h3-5,14H,6H2,1-2H3;1-4,14H,6H2. The summed E-state index contributed by atoms with van der Waals surface area (Å²) in [5.74, 6) is 0. The molecule has 0 aliphatic carbocycles. The van der Waals surface area contributed by atoms with Gasteiger partial charge in [0.15, 0.2) is 0 Å². The third-order valence-corrected chi connectivity index (χ3v) is 3.40. The second-order valence-electron chi connectivity index (χ2n) is 5.91. The lowest BCUT2D eigenvalue weighted by Gasteiger charge is -2.12. The molecule has 2 rings (SSSR count). The second-order valence-corrected chi connectivity index (χ2v) is 5.91. The van der Waals surface area contributed by atoms with E-state index in [4.69, 9.17) is 5.26 Å². The van der Waals surface area contributed by atoms with Gasteiger partial charge in [0, 0.05) is 5.69 Å². The summed E-state index contributed by atoms with van der Waals surface area (Å²) in [4.78, 5) is 0. The number of benzene rings is 2. The fourth-order valence-corrected chi connectivity index (χ4v) is 2.05. The van der Waals surface area contributed by atoms with Crippen molar-refractivity contribution in [2.45, 2.75) is 26.2 Å². The van der Waals surface area contributed by atoms with Crippen LogP contribution in [0, 0.1) is 25.2 Å². The molecule has 0 fully saturated rings. The predicted octanol–water partition coefficient (Wildman–Crippen LogP) is 5.81. The Morgan fingerprint density at radius 3 is 1.89 bits per heavy atom. The minimum atomic E-state index is -4.28. The first-order valence-corrected chi connectivity index (χ1v) is 8.09. The monoisotopic (exact) mass is 403 g/mol. The number of nitriles is 1. The number of rotatable bonds is 4. The highest BCUT2D eigenvalue weighted by Gasteiger charge is 2.27. The minimum Gasteiger partial charge on any atom is -0.376 e. The number of hydrogen-bond acceptors (Lipinski definition) is 3. The van der Waals surface area contributed by atoms with Gasteiger partial charge in [0.2, 0.25) is 0 Å². The molecule has 0 spiro atoms. The van der Waals surface area contributed by atoms with Gasteiger partial charge in [-0.15, -0.1) is 0 Å². The number of nitrogens with one attached hydrogen (secondary N) is 2. The lowest BCUT2D eigenvalue weighted by atomic mass is 10.1. The molecule has 9 heteroatoms. The fourth-order valence-electron chi connectivity index (χ4n) is 2.05. The van der Waals surface area contributed by atoms with Crippen molar-refractivity contribution < 1.29 is 26.3 Å². The highest BCUT2D eigenvalue weighted by Crippen LogP contribution is 2.20. The minimum absolute atomic E-state index is 0.201. The molecule has 2 aromatic rings. The van der Waals surface area contributed by atoms with Crippen molar-refractivity contribution in [2.24, 2.45) is 0 Å². The largest absolute Gasteiger partial charge is 0.405 e. The van der Waals surface area contributed by atoms with Gasteiger partial charge < -0.3 is 10.6 Å². The van der Waals surface area contributed by atoms with Crippen LogP contribution in [-0.4, -0.2) is 25.4 Å². The van der Waals surface area contributed by atoms with E-state index in [0.29, 0.717) is 5.69 Å². The number of anilines is 2. The fraction of sp³-hybridized carbons (Fsp3) is 0.316. The molecular formula is C19H19F6N3. The normalized spacial score (nSPS) is 11.1. The van der Waals surface area contributed by atoms with Gasteiger partial charge >= 0.3 is 12.4 Å². The van der Waals surface area contributed by atoms with Crippen LogP contribution in [0.2, 0.25) is 0 Å². The van der Waals surface area contributed by atoms with E-state index in [-0.39, 0.29) is 11.3 Å². The van der Waals surface area contributed by atoms with Crippen molar-refractivity contribution in [3.8, 4) is 6.07 Å². The molecular weight excluding hydrogens is 384 g/mol. The first-order chi connectivity index (χ1) is 12.9. The molecule has 0 aromatic heterocycles. The van der Waals surface area contributed by atoms with Crippen molar-refractivity contribution in [3.05, 3.63) is 59.2 Å². The Morgan fingerprint density at radius 2 is 1.36 bits per heavy atom. The maximum atomic E-state index is 11.9. The third-order valence-electron chi connectivity index (χ3n) is 3.40. The Balaban J connectivity index is 0.000000280. The highest BCUT2D eigenvalue weighted by atomic mass is 19.4. The van der Waals surface area contributed by atoms with E-state index in [1.165, 1.54) is 12.1 Å². The quantitative estimate of drug-likeness (QED) is 0.634. The Hall–Kier alpha value is -2.89. The van der Waals surface area contributed by atoms with Crippen LogP contribution in [0.1, 0.15) is 16.7 Å². The molecule has 0 amide bonds. The number of aryl methyl sites for hydroxylation is 2. The smallest absolute Gasteiger partial charge is 0.376 e. The molecule has 0 unspecified atom stereocenters. The first kappa shape index (κ1) is 23.1. The third kappa shape index (κ3) is 9.16. The zero-order chi connectivity index (χ0) is 21.4. The van der Waals surface area contributed by atoms with Crippen LogP contribution in [0.3, 0.4) is 0 Å². The molecule has 0 saturated heterocycles. The molecule has 0 atom stereocenters. The topological polar surface area (TPSA) is 47.9 Å². The molecule has 28 heavy (non-hydrogen) atoms. The van der Waals surface area contributed by atoms with Crippen LogP contribution < -0.4 is 10.6 Å². The Kier molecular flexibility index (Phi) is 8.16. The van der Waals surface area contributed by atoms with Gasteiger partial charge in [0.25, 0.3) is 0 Å². The maximum absolute atomic E-state index is 11.9. The summed E-state index contributed by atoms with van der Waals surface area (Å²) in [5, 5.41) is 13.1. The van der Waals surface area contributed by atoms with Gasteiger partial charge in [-0.25, -0.2) is 0 Å². The number of nitrogens with zero attached hydrogens (tertiary/aromatic N) is 1. The summed E-state index contributed by atoms with van der Waals surface area (Å²) in [7, 11) is 0. The van der Waals surface area contributed by atoms with E-state index in [1.54, 1.807) is 37.3 Å². The zero-order valence-corrected chi connectivity index (χ0v) is 15.2. The summed E-state index contributed by atoms with van der Waals surface area (Å²) in [6.07, 6.45) is -8.45. The zero-order valence-electron chi connectivity index (χ0n) is 15.2. The molecule has 0 saturated carbocycles. The molecule has 0 radical (unpaired) electrons. The number of halogens is 6. The molecule has 3 nitrogen and oxygen atoms in total. The average molecular weight is 403 g/mol. The van der Waals surface area contributed by atoms with Crippen molar-refractivity contribution in [1.82, 2.24) is 0 Å². The van der Waals surface area contributed by atoms with Gasteiger partial charge in [0.1, 0.15) is 19.2 Å². The van der Waals surface area contributed by atoms with Gasteiger partial charge in [-0.1, -0.05) is 24.3 Å². The van der Waals surface area contributed by atoms with E-state index in [0.717, 1.165) is 11.1 Å². The van der Waals surface area contributed by atoms with Crippen LogP contribution >= 0.6 is 0 Å². The van der Waals surface area contributed by atoms with E-state index in [1.807, 2.05) is 13.0 Å². The number of para-hydroxylation sites is 1. The summed E-state index contributed by atoms with van der Waals surface area (Å²) < 4.78 is 71.2. The van der Waals surface area contributed by atoms with Gasteiger partial charge in [0.05, 0.1) is 11.3 Å². The number of hydrogen-bond donors (Lipinski definition) is 2. The molecule has 0 aliphatic rings. The van der Waals surface area contributed by atoms with Crippen LogP contribution in [0.5, 0.6) is 0 Å². The van der Waals surface area contributed by atoms with E-state index in [9.17, 15) is 26.3 Å². The summed E-state index contributed by atoms with van der Waals surface area (Å²) in [6.45, 7) is 1.50. The van der Waals surface area contributed by atoms with Crippen molar-refractivity contribution in [3.63, 3.8) is 0 Å². The summed E-state index contributed by atoms with van der Waals surface area (Å²) in [6, 6.07) is 13.2. The van der Waals surface area contributed by atoms with Gasteiger partial charge in [-0.05, 0) is 43.2 Å². The Morgan fingerprint density at radius 1 is 0.821 bits per heavy atom. The molecule has 0 aliphatic heterocycles. The molecule has 2 aromatic carbocycles. The first-order valence-electron chi connectivity index (χ1n) is 8.09. The lowest BCUT2D eigenvalue weighted by Crippen LogP contribution is -2.21. The molecule has 0 heterocycles. The van der Waals surface area contributed by atoms with Gasteiger partial charge in [-0.3, -0.25) is 0 Å². The van der Waals surface area contributed by atoms with Crippen LogP contribution in [0.4, 0.5) is 37.7 Å². The van der Waals surface area contributed by atoms with E-state index >= 15 is 0 Å². The maximum Gasteiger partial charge on any atom is 0.405 e. The Bertz CT molecular complexity index is 807. The Labute approximate surface area is 159 Å². The van der Waals surface area contributed by atoms with Crippen LogP contribution in [0.25, 0.3) is 0 Å². The molecule has 0 bridgehead atoms. The van der Waals surface area contributed by atoms with Crippen molar-refractivity contribution >= 4 is 11.4 Å². The number of alkyl halides is 6. The summed E-state index contributed by atoms with van der Waals surface area (Å²) >= 11 is 0. The van der Waals surface area contributed by atoms with E-state index in [2.05, 4.69) is 10.6 Å². The van der Waals surface area contributed by atoms with E-state index < -0.39 is 25.4 Å². The second kappa shape index (κ2) is 9.88. The molecule has 2 N–H and O–H groups in total. The summed E-state index contributed by atoms with van der Waals surface area (Å²) in [5.41, 5.74) is 2.71. The predicted molar refractivity (Wildman–Crippen MR) is 96.2 cm³/mol. The molecule has 152 valence electrons. The van der Waals surface area contributed by atoms with Crippen molar-refractivity contribution in [2.75, 3.05) is 23.7 Å². The van der Waals surface area contributed by atoms with Crippen LogP contribution in [0.15, 0.2) is 42.5 Å². The van der Waals surface area contributed by atoms with Crippen molar-refractivity contribution in [1.29, 1.82) is 5.26 Å².